The lowest BCUT2D eigenvalue weighted by Crippen LogP contribution is -2.35. The van der Waals surface area contributed by atoms with Crippen LogP contribution in [0.2, 0.25) is 0 Å². The predicted octanol–water partition coefficient (Wildman–Crippen LogP) is 2.99. The van der Waals surface area contributed by atoms with E-state index in [2.05, 4.69) is 19.2 Å². The van der Waals surface area contributed by atoms with Gasteiger partial charge in [0.1, 0.15) is 0 Å². The first kappa shape index (κ1) is 15.9. The van der Waals surface area contributed by atoms with Gasteiger partial charge in [-0.1, -0.05) is 13.8 Å². The van der Waals surface area contributed by atoms with Crippen molar-refractivity contribution in [2.24, 2.45) is 5.41 Å². The molecule has 0 aromatic carbocycles. The van der Waals surface area contributed by atoms with Crippen LogP contribution in [0.25, 0.3) is 0 Å². The van der Waals surface area contributed by atoms with Crippen LogP contribution in [-0.2, 0) is 9.47 Å². The highest BCUT2D eigenvalue weighted by atomic mass is 16.5. The Labute approximate surface area is 113 Å². The topological polar surface area (TPSA) is 30.5 Å². The molecule has 0 amide bonds. The minimum atomic E-state index is 0.444. The summed E-state index contributed by atoms with van der Waals surface area (Å²) in [6.45, 7) is 8.47. The van der Waals surface area contributed by atoms with Crippen LogP contribution in [0.15, 0.2) is 0 Å². The molecule has 18 heavy (non-hydrogen) atoms. The number of ether oxygens (including phenoxy) is 2. The van der Waals surface area contributed by atoms with Gasteiger partial charge in [-0.15, -0.1) is 0 Å². The minimum absolute atomic E-state index is 0.444. The summed E-state index contributed by atoms with van der Waals surface area (Å²) in [6, 6.07) is 0. The maximum atomic E-state index is 5.74. The molecule has 3 heteroatoms. The van der Waals surface area contributed by atoms with Crippen molar-refractivity contribution in [2.75, 3.05) is 33.4 Å². The van der Waals surface area contributed by atoms with E-state index in [1.165, 1.54) is 38.5 Å². The Morgan fingerprint density at radius 2 is 2.11 bits per heavy atom. The average molecular weight is 257 g/mol. The molecule has 0 aromatic rings. The van der Waals surface area contributed by atoms with Crippen LogP contribution < -0.4 is 5.32 Å². The molecule has 0 aliphatic carbocycles. The van der Waals surface area contributed by atoms with Crippen molar-refractivity contribution in [1.82, 2.24) is 5.32 Å². The molecule has 1 rings (SSSR count). The molecule has 0 saturated carbocycles. The molecular formula is C15H31NO2. The average Bonchev–Trinajstić information content (AvgIpc) is 2.92. The molecule has 1 fully saturated rings. The molecule has 0 radical (unpaired) electrons. The molecule has 1 aliphatic heterocycles. The van der Waals surface area contributed by atoms with Gasteiger partial charge >= 0.3 is 0 Å². The van der Waals surface area contributed by atoms with E-state index in [9.17, 15) is 0 Å². The van der Waals surface area contributed by atoms with E-state index < -0.39 is 0 Å². The summed E-state index contributed by atoms with van der Waals surface area (Å²) in [4.78, 5) is 0. The second-order valence-electron chi connectivity index (χ2n) is 5.55. The number of rotatable bonds is 10. The summed E-state index contributed by atoms with van der Waals surface area (Å²) in [7, 11) is 1.76. The Balaban J connectivity index is 2.30. The van der Waals surface area contributed by atoms with Gasteiger partial charge in [-0.2, -0.15) is 0 Å². The van der Waals surface area contributed by atoms with Crippen molar-refractivity contribution < 1.29 is 9.47 Å². The van der Waals surface area contributed by atoms with E-state index in [-0.39, 0.29) is 0 Å². The van der Waals surface area contributed by atoms with E-state index in [0.717, 1.165) is 26.3 Å². The SMILES string of the molecule is CCC(CC)(CCC1CCCO1)CNCCOC. The van der Waals surface area contributed by atoms with E-state index >= 15 is 0 Å². The molecule has 1 N–H and O–H groups in total. The monoisotopic (exact) mass is 257 g/mol. The van der Waals surface area contributed by atoms with Crippen molar-refractivity contribution >= 4 is 0 Å². The van der Waals surface area contributed by atoms with Crippen molar-refractivity contribution in [3.63, 3.8) is 0 Å². The molecule has 1 atom stereocenters. The molecule has 0 bridgehead atoms. The van der Waals surface area contributed by atoms with Crippen LogP contribution in [0.3, 0.4) is 0 Å². The second kappa shape index (κ2) is 8.89. The van der Waals surface area contributed by atoms with Crippen LogP contribution in [0.1, 0.15) is 52.4 Å². The van der Waals surface area contributed by atoms with Crippen molar-refractivity contribution in [2.45, 2.75) is 58.5 Å². The summed E-state index contributed by atoms with van der Waals surface area (Å²) >= 11 is 0. The number of nitrogens with one attached hydrogen (secondary N) is 1. The van der Waals surface area contributed by atoms with Crippen molar-refractivity contribution in [3.05, 3.63) is 0 Å². The Morgan fingerprint density at radius 3 is 2.67 bits per heavy atom. The molecule has 1 aliphatic rings. The molecule has 0 aromatic heterocycles. The maximum Gasteiger partial charge on any atom is 0.0587 e. The highest BCUT2D eigenvalue weighted by Gasteiger charge is 2.27. The van der Waals surface area contributed by atoms with Crippen LogP contribution >= 0.6 is 0 Å². The first-order chi connectivity index (χ1) is 8.76. The lowest BCUT2D eigenvalue weighted by molar-refractivity contribution is 0.0839. The zero-order chi connectivity index (χ0) is 13.3. The molecule has 1 saturated heterocycles. The summed E-state index contributed by atoms with van der Waals surface area (Å²) in [5.41, 5.74) is 0.444. The number of hydrogen-bond donors (Lipinski definition) is 1. The van der Waals surface area contributed by atoms with E-state index in [4.69, 9.17) is 9.47 Å². The molecule has 108 valence electrons. The molecule has 3 nitrogen and oxygen atoms in total. The highest BCUT2D eigenvalue weighted by Crippen LogP contribution is 2.33. The lowest BCUT2D eigenvalue weighted by Gasteiger charge is -2.33. The first-order valence-electron chi connectivity index (χ1n) is 7.57. The largest absolute Gasteiger partial charge is 0.383 e. The van der Waals surface area contributed by atoms with E-state index in [0.29, 0.717) is 11.5 Å². The van der Waals surface area contributed by atoms with Gasteiger partial charge in [0.05, 0.1) is 12.7 Å². The lowest BCUT2D eigenvalue weighted by atomic mass is 9.77. The predicted molar refractivity (Wildman–Crippen MR) is 76.0 cm³/mol. The van der Waals surface area contributed by atoms with Gasteiger partial charge in [0, 0.05) is 26.8 Å². The maximum absolute atomic E-state index is 5.74. The Morgan fingerprint density at radius 1 is 1.33 bits per heavy atom. The van der Waals surface area contributed by atoms with Gasteiger partial charge < -0.3 is 14.8 Å². The van der Waals surface area contributed by atoms with Gasteiger partial charge in [0.25, 0.3) is 0 Å². The van der Waals surface area contributed by atoms with Crippen LogP contribution in [0.5, 0.6) is 0 Å². The standard InChI is InChI=1S/C15H31NO2/c1-4-15(5-2,13-16-10-12-17-3)9-8-14-7-6-11-18-14/h14,16H,4-13H2,1-3H3. The highest BCUT2D eigenvalue weighted by molar-refractivity contribution is 4.81. The third kappa shape index (κ3) is 5.25. The van der Waals surface area contributed by atoms with Gasteiger partial charge in [-0.3, -0.25) is 0 Å². The van der Waals surface area contributed by atoms with Gasteiger partial charge in [0.15, 0.2) is 0 Å². The fourth-order valence-electron chi connectivity index (χ4n) is 2.81. The zero-order valence-electron chi connectivity index (χ0n) is 12.5. The molecular weight excluding hydrogens is 226 g/mol. The summed E-state index contributed by atoms with van der Waals surface area (Å²) in [5.74, 6) is 0. The minimum Gasteiger partial charge on any atom is -0.383 e. The fourth-order valence-corrected chi connectivity index (χ4v) is 2.81. The molecule has 0 spiro atoms. The first-order valence-corrected chi connectivity index (χ1v) is 7.57. The number of hydrogen-bond acceptors (Lipinski definition) is 3. The van der Waals surface area contributed by atoms with Crippen LogP contribution in [-0.4, -0.2) is 39.5 Å². The summed E-state index contributed by atoms with van der Waals surface area (Å²) < 4.78 is 10.8. The smallest absolute Gasteiger partial charge is 0.0587 e. The Hall–Kier alpha value is -0.120. The second-order valence-corrected chi connectivity index (χ2v) is 5.55. The van der Waals surface area contributed by atoms with E-state index in [1.54, 1.807) is 7.11 Å². The summed E-state index contributed by atoms with van der Waals surface area (Å²) in [6.07, 6.45) is 8.05. The van der Waals surface area contributed by atoms with Gasteiger partial charge in [0.2, 0.25) is 0 Å². The third-order valence-corrected chi connectivity index (χ3v) is 4.50. The number of methoxy groups -OCH3 is 1. The van der Waals surface area contributed by atoms with Gasteiger partial charge in [-0.05, 0) is 43.9 Å². The normalized spacial score (nSPS) is 20.5. The Kier molecular flexibility index (Phi) is 7.87. The van der Waals surface area contributed by atoms with E-state index in [1.807, 2.05) is 0 Å². The quantitative estimate of drug-likeness (QED) is 0.610. The van der Waals surface area contributed by atoms with Crippen LogP contribution in [0, 0.1) is 5.41 Å². The summed E-state index contributed by atoms with van der Waals surface area (Å²) in [5, 5.41) is 3.54. The third-order valence-electron chi connectivity index (χ3n) is 4.50. The zero-order valence-corrected chi connectivity index (χ0v) is 12.5. The molecule has 1 heterocycles. The van der Waals surface area contributed by atoms with Gasteiger partial charge in [-0.25, -0.2) is 0 Å². The molecule has 1 unspecified atom stereocenters. The van der Waals surface area contributed by atoms with Crippen molar-refractivity contribution in [1.29, 1.82) is 0 Å². The van der Waals surface area contributed by atoms with Crippen LogP contribution in [0.4, 0.5) is 0 Å². The Bertz CT molecular complexity index is 199. The fraction of sp³-hybridized carbons (Fsp3) is 1.00. The van der Waals surface area contributed by atoms with Crippen molar-refractivity contribution in [3.8, 4) is 0 Å².